The summed E-state index contributed by atoms with van der Waals surface area (Å²) in [4.78, 5) is 37.0. The van der Waals surface area contributed by atoms with Crippen LogP contribution in [0.25, 0.3) is 0 Å². The second-order valence-corrected chi connectivity index (χ2v) is 9.97. The first-order chi connectivity index (χ1) is 17.6. The van der Waals surface area contributed by atoms with Crippen molar-refractivity contribution in [1.29, 1.82) is 0 Å². The van der Waals surface area contributed by atoms with E-state index >= 15 is 0 Å². The van der Waals surface area contributed by atoms with Crippen LogP contribution < -0.4 is 5.32 Å². The summed E-state index contributed by atoms with van der Waals surface area (Å²) < 4.78 is 0. The van der Waals surface area contributed by atoms with Crippen LogP contribution in [0.1, 0.15) is 29.5 Å². The van der Waals surface area contributed by atoms with Gasteiger partial charge in [0.25, 0.3) is 5.91 Å². The lowest BCUT2D eigenvalue weighted by molar-refractivity contribution is -0.125. The Hall–Kier alpha value is -3.42. The van der Waals surface area contributed by atoms with Crippen LogP contribution in [-0.4, -0.2) is 40.3 Å². The number of amides is 2. The van der Waals surface area contributed by atoms with Crippen LogP contribution in [0.4, 0.5) is 5.69 Å². The minimum Gasteiger partial charge on any atom is -0.356 e. The molecule has 0 bridgehead atoms. The van der Waals surface area contributed by atoms with Gasteiger partial charge < -0.3 is 5.32 Å². The van der Waals surface area contributed by atoms with E-state index in [1.165, 1.54) is 17.3 Å². The molecule has 0 saturated carbocycles. The highest BCUT2D eigenvalue weighted by molar-refractivity contribution is 8.13. The van der Waals surface area contributed by atoms with E-state index in [0.717, 1.165) is 23.2 Å². The highest BCUT2D eigenvalue weighted by Crippen LogP contribution is 2.35. The lowest BCUT2D eigenvalue weighted by Gasteiger charge is -2.25. The maximum atomic E-state index is 13.4. The Kier molecular flexibility index (Phi) is 7.49. The Morgan fingerprint density at radius 2 is 1.72 bits per heavy atom. The highest BCUT2D eigenvalue weighted by atomic mass is 35.5. The largest absolute Gasteiger partial charge is 0.356 e. The average Bonchev–Trinajstić information content (AvgIpc) is 3.24. The average molecular weight is 517 g/mol. The van der Waals surface area contributed by atoms with Gasteiger partial charge in [-0.05, 0) is 48.2 Å². The molecule has 0 radical (unpaired) electrons. The summed E-state index contributed by atoms with van der Waals surface area (Å²) in [6, 6.07) is 24.7. The number of fused-ring (bicyclic) bond motifs is 3. The van der Waals surface area contributed by atoms with E-state index in [4.69, 9.17) is 21.6 Å². The van der Waals surface area contributed by atoms with E-state index in [-0.39, 0.29) is 18.2 Å². The molecule has 0 aromatic heterocycles. The summed E-state index contributed by atoms with van der Waals surface area (Å²) in [5.74, 6) is 1.04. The van der Waals surface area contributed by atoms with Gasteiger partial charge in [0.05, 0.1) is 5.69 Å². The van der Waals surface area contributed by atoms with Crippen LogP contribution in [0, 0.1) is 0 Å². The van der Waals surface area contributed by atoms with Gasteiger partial charge in [-0.25, -0.2) is 9.89 Å². The Morgan fingerprint density at radius 3 is 2.53 bits per heavy atom. The lowest BCUT2D eigenvalue weighted by Crippen LogP contribution is -2.41. The van der Waals surface area contributed by atoms with E-state index in [0.29, 0.717) is 34.7 Å². The number of carbonyl (C=O) groups excluding carboxylic acids is 2. The van der Waals surface area contributed by atoms with Gasteiger partial charge in [0.15, 0.2) is 5.17 Å². The van der Waals surface area contributed by atoms with Gasteiger partial charge in [0, 0.05) is 29.3 Å². The Bertz CT molecular complexity index is 1320. The highest BCUT2D eigenvalue weighted by Gasteiger charge is 2.41. The van der Waals surface area contributed by atoms with Crippen molar-refractivity contribution in [3.63, 3.8) is 0 Å². The first-order valence-electron chi connectivity index (χ1n) is 11.9. The van der Waals surface area contributed by atoms with Crippen molar-refractivity contribution in [2.45, 2.75) is 31.1 Å². The molecule has 2 heterocycles. The molecule has 0 saturated heterocycles. The number of benzene rings is 3. The molecule has 36 heavy (non-hydrogen) atoms. The number of amidine groups is 2. The predicted octanol–water partition coefficient (Wildman–Crippen LogP) is 5.37. The van der Waals surface area contributed by atoms with Gasteiger partial charge in [0.2, 0.25) is 5.91 Å². The maximum absolute atomic E-state index is 13.4. The van der Waals surface area contributed by atoms with Crippen LogP contribution in [0.5, 0.6) is 0 Å². The molecule has 0 aliphatic carbocycles. The van der Waals surface area contributed by atoms with Crippen molar-refractivity contribution in [3.8, 4) is 0 Å². The molecule has 1 atom stereocenters. The molecule has 0 fully saturated rings. The number of hydrogen-bond donors (Lipinski definition) is 1. The van der Waals surface area contributed by atoms with Crippen LogP contribution in [0.15, 0.2) is 88.8 Å². The summed E-state index contributed by atoms with van der Waals surface area (Å²) >= 11 is 7.49. The summed E-state index contributed by atoms with van der Waals surface area (Å²) in [6.07, 6.45) is 1.36. The van der Waals surface area contributed by atoms with E-state index < -0.39 is 6.04 Å². The third-order valence-corrected chi connectivity index (χ3v) is 7.31. The van der Waals surface area contributed by atoms with Crippen molar-refractivity contribution in [1.82, 2.24) is 10.2 Å². The molecular formula is C28H25ClN4O2S. The molecule has 8 heteroatoms. The van der Waals surface area contributed by atoms with Crippen LogP contribution in [0.3, 0.4) is 0 Å². The van der Waals surface area contributed by atoms with Crippen molar-refractivity contribution in [3.05, 3.63) is 101 Å². The second-order valence-electron chi connectivity index (χ2n) is 8.59. The zero-order valence-electron chi connectivity index (χ0n) is 19.6. The lowest BCUT2D eigenvalue weighted by atomic mass is 10.1. The molecule has 182 valence electrons. The number of aliphatic imine (C=N–C) groups is 2. The first kappa shape index (κ1) is 24.3. The van der Waals surface area contributed by atoms with E-state index in [1.54, 1.807) is 4.90 Å². The Labute approximate surface area is 219 Å². The number of rotatable bonds is 8. The minimum absolute atomic E-state index is 0.0739. The first-order valence-corrected chi connectivity index (χ1v) is 13.2. The van der Waals surface area contributed by atoms with E-state index in [9.17, 15) is 9.59 Å². The third-order valence-electron chi connectivity index (χ3n) is 6.05. The fourth-order valence-corrected chi connectivity index (χ4v) is 5.25. The summed E-state index contributed by atoms with van der Waals surface area (Å²) in [7, 11) is 0. The van der Waals surface area contributed by atoms with Gasteiger partial charge in [0.1, 0.15) is 11.9 Å². The zero-order valence-corrected chi connectivity index (χ0v) is 21.1. The molecule has 3 aromatic carbocycles. The molecule has 5 rings (SSSR count). The Morgan fingerprint density at radius 1 is 0.972 bits per heavy atom. The van der Waals surface area contributed by atoms with E-state index in [1.807, 2.05) is 78.9 Å². The number of thioether (sulfide) groups is 1. The molecule has 2 aliphatic heterocycles. The normalized spacial score (nSPS) is 16.2. The fourth-order valence-electron chi connectivity index (χ4n) is 4.16. The Balaban J connectivity index is 1.24. The van der Waals surface area contributed by atoms with Gasteiger partial charge in [-0.2, -0.15) is 0 Å². The maximum Gasteiger partial charge on any atom is 0.259 e. The van der Waals surface area contributed by atoms with Gasteiger partial charge in [-0.15, -0.1) is 0 Å². The van der Waals surface area contributed by atoms with E-state index in [2.05, 4.69) is 5.32 Å². The van der Waals surface area contributed by atoms with Crippen molar-refractivity contribution >= 4 is 51.9 Å². The topological polar surface area (TPSA) is 74.1 Å². The van der Waals surface area contributed by atoms with Crippen LogP contribution >= 0.6 is 23.4 Å². The predicted molar refractivity (Wildman–Crippen MR) is 146 cm³/mol. The number of hydrogen-bond acceptors (Lipinski definition) is 5. The molecule has 6 nitrogen and oxygen atoms in total. The van der Waals surface area contributed by atoms with Crippen molar-refractivity contribution < 1.29 is 9.59 Å². The van der Waals surface area contributed by atoms with Gasteiger partial charge in [-0.1, -0.05) is 78.0 Å². The van der Waals surface area contributed by atoms with Crippen molar-refractivity contribution in [2.24, 2.45) is 9.98 Å². The molecule has 3 aromatic rings. The van der Waals surface area contributed by atoms with Gasteiger partial charge in [-0.3, -0.25) is 14.6 Å². The minimum atomic E-state index is -0.604. The summed E-state index contributed by atoms with van der Waals surface area (Å²) in [6.45, 7) is 0.563. The van der Waals surface area contributed by atoms with Crippen molar-refractivity contribution in [2.75, 3.05) is 6.54 Å². The second kappa shape index (κ2) is 11.1. The number of halogens is 1. The molecule has 0 spiro atoms. The van der Waals surface area contributed by atoms with Crippen LogP contribution in [-0.2, 0) is 21.8 Å². The fraction of sp³-hybridized carbons (Fsp3) is 0.214. The number of carbonyl (C=O) groups is 2. The van der Waals surface area contributed by atoms with Crippen LogP contribution in [0.2, 0.25) is 5.02 Å². The SMILES string of the molecule is O=C(CCC1N=C2c3ccccc3N=C(SCc3ccc(Cl)cc3)N2C1=O)NCCc1ccccc1. The van der Waals surface area contributed by atoms with Gasteiger partial charge >= 0.3 is 0 Å². The number of nitrogens with zero attached hydrogens (tertiary/aromatic N) is 3. The molecule has 1 N–H and O–H groups in total. The summed E-state index contributed by atoms with van der Waals surface area (Å²) in [5.41, 5.74) is 3.88. The molecular weight excluding hydrogens is 492 g/mol. The number of para-hydroxylation sites is 1. The molecule has 2 amide bonds. The summed E-state index contributed by atoms with van der Waals surface area (Å²) in [5, 5.41) is 4.23. The smallest absolute Gasteiger partial charge is 0.259 e. The standard InChI is InChI=1S/C28H25ClN4O2S/c29-21-12-10-20(11-13-21)18-36-28-32-23-9-5-4-8-22(23)26-31-24(27(35)33(26)28)14-15-25(34)30-17-16-19-6-2-1-3-7-19/h1-13,24H,14-18H2,(H,30,34). The third kappa shape index (κ3) is 5.53. The zero-order chi connectivity index (χ0) is 24.9. The quantitative estimate of drug-likeness (QED) is 0.437. The number of nitrogens with one attached hydrogen (secondary N) is 1. The monoisotopic (exact) mass is 516 g/mol. The molecule has 2 aliphatic rings. The molecule has 1 unspecified atom stereocenters.